The number of rotatable bonds is 1. The minimum atomic E-state index is -4.41. The van der Waals surface area contributed by atoms with Crippen LogP contribution >= 0.6 is 11.6 Å². The number of hydrogen-bond donors (Lipinski definition) is 0. The summed E-state index contributed by atoms with van der Waals surface area (Å²) in [5.41, 5.74) is 1.57. The second-order valence-electron chi connectivity index (χ2n) is 5.18. The molecule has 0 bridgehead atoms. The number of hydrogen-bond acceptors (Lipinski definition) is 3. The number of nitrogens with zero attached hydrogens (tertiary/aromatic N) is 3. The molecule has 2 atom stereocenters. The first-order chi connectivity index (χ1) is 9.88. The smallest absolute Gasteiger partial charge is 0.343 e. The van der Waals surface area contributed by atoms with Crippen LogP contribution in [0, 0.1) is 0 Å². The van der Waals surface area contributed by atoms with Gasteiger partial charge in [-0.2, -0.15) is 13.2 Å². The minimum Gasteiger partial charge on any atom is -0.343 e. The number of aromatic nitrogens is 1. The van der Waals surface area contributed by atoms with Crippen molar-refractivity contribution in [2.45, 2.75) is 30.6 Å². The van der Waals surface area contributed by atoms with Crippen molar-refractivity contribution >= 4 is 17.8 Å². The SMILES string of the molecule is CN1C2=C(C=NC1Cl)CCC2c1ccc(C(F)(F)F)nc1. The maximum Gasteiger partial charge on any atom is 0.433 e. The van der Waals surface area contributed by atoms with E-state index in [9.17, 15) is 13.2 Å². The summed E-state index contributed by atoms with van der Waals surface area (Å²) < 4.78 is 37.7. The summed E-state index contributed by atoms with van der Waals surface area (Å²) in [5, 5.41) is 0. The van der Waals surface area contributed by atoms with E-state index in [0.717, 1.165) is 35.7 Å². The normalized spacial score (nSPS) is 25.5. The van der Waals surface area contributed by atoms with E-state index in [0.29, 0.717) is 0 Å². The van der Waals surface area contributed by atoms with Crippen molar-refractivity contribution in [3.63, 3.8) is 0 Å². The molecule has 2 unspecified atom stereocenters. The lowest BCUT2D eigenvalue weighted by atomic mass is 9.96. The maximum absolute atomic E-state index is 12.6. The maximum atomic E-state index is 12.6. The fourth-order valence-corrected chi connectivity index (χ4v) is 3.02. The first-order valence-electron chi connectivity index (χ1n) is 6.54. The predicted molar refractivity (Wildman–Crippen MR) is 74.1 cm³/mol. The van der Waals surface area contributed by atoms with Gasteiger partial charge in [-0.15, -0.1) is 0 Å². The molecule has 1 aromatic rings. The molecule has 1 aliphatic carbocycles. The molecule has 112 valence electrons. The van der Waals surface area contributed by atoms with Gasteiger partial charge >= 0.3 is 6.18 Å². The molecule has 0 N–H and O–H groups in total. The van der Waals surface area contributed by atoms with Crippen LogP contribution in [0.4, 0.5) is 13.2 Å². The first-order valence-corrected chi connectivity index (χ1v) is 6.98. The second-order valence-corrected chi connectivity index (χ2v) is 5.57. The summed E-state index contributed by atoms with van der Waals surface area (Å²) >= 11 is 6.10. The molecule has 2 aliphatic rings. The number of aliphatic imine (C=N–C) groups is 1. The lowest BCUT2D eigenvalue weighted by Crippen LogP contribution is -2.30. The van der Waals surface area contributed by atoms with Crippen LogP contribution in [0.3, 0.4) is 0 Å². The minimum absolute atomic E-state index is 0.0211. The zero-order valence-electron chi connectivity index (χ0n) is 11.2. The standard InChI is InChI=1S/C14H13ClF3N3/c1-21-12-9(7-20-13(21)15)2-4-10(12)8-3-5-11(19-6-8)14(16,17)18/h3,5-7,10,13H,2,4H2,1H3. The van der Waals surface area contributed by atoms with Crippen LogP contribution in [-0.2, 0) is 6.18 Å². The molecule has 3 nitrogen and oxygen atoms in total. The number of allylic oxidation sites excluding steroid dienone is 2. The van der Waals surface area contributed by atoms with Crippen LogP contribution in [0.15, 0.2) is 34.6 Å². The highest BCUT2D eigenvalue weighted by atomic mass is 35.5. The summed E-state index contributed by atoms with van der Waals surface area (Å²) in [6, 6.07) is 2.53. The highest BCUT2D eigenvalue weighted by Gasteiger charge is 2.35. The largest absolute Gasteiger partial charge is 0.433 e. The van der Waals surface area contributed by atoms with Crippen molar-refractivity contribution in [2.75, 3.05) is 7.05 Å². The molecular weight excluding hydrogens is 303 g/mol. The summed E-state index contributed by atoms with van der Waals surface area (Å²) in [7, 11) is 1.85. The molecule has 3 rings (SSSR count). The van der Waals surface area contributed by atoms with Gasteiger partial charge in [0, 0.05) is 31.1 Å². The van der Waals surface area contributed by atoms with Crippen molar-refractivity contribution < 1.29 is 13.2 Å². The highest BCUT2D eigenvalue weighted by Crippen LogP contribution is 2.43. The number of likely N-dealkylation sites (N-methyl/N-ethyl adjacent to an activating group) is 1. The zero-order chi connectivity index (χ0) is 15.2. The van der Waals surface area contributed by atoms with Gasteiger partial charge in [0.1, 0.15) is 5.69 Å². The van der Waals surface area contributed by atoms with Crippen molar-refractivity contribution in [3.05, 3.63) is 40.9 Å². The summed E-state index contributed by atoms with van der Waals surface area (Å²) in [5.74, 6) is 0.0211. The molecule has 0 radical (unpaired) electrons. The van der Waals surface area contributed by atoms with Crippen LogP contribution < -0.4 is 0 Å². The zero-order valence-corrected chi connectivity index (χ0v) is 12.0. The molecular formula is C14H13ClF3N3. The molecule has 0 amide bonds. The van der Waals surface area contributed by atoms with Gasteiger partial charge in [0.05, 0.1) is 0 Å². The Labute approximate surface area is 125 Å². The molecule has 21 heavy (non-hydrogen) atoms. The Morgan fingerprint density at radius 3 is 2.71 bits per heavy atom. The van der Waals surface area contributed by atoms with Crippen LogP contribution in [-0.4, -0.2) is 28.8 Å². The molecule has 0 fully saturated rings. The fourth-order valence-electron chi connectivity index (χ4n) is 2.86. The third-order valence-electron chi connectivity index (χ3n) is 3.89. The van der Waals surface area contributed by atoms with Gasteiger partial charge < -0.3 is 4.90 Å². The van der Waals surface area contributed by atoms with Crippen LogP contribution in [0.1, 0.15) is 30.0 Å². The third-order valence-corrected chi connectivity index (χ3v) is 4.30. The van der Waals surface area contributed by atoms with E-state index < -0.39 is 17.5 Å². The fraction of sp³-hybridized carbons (Fsp3) is 0.429. The van der Waals surface area contributed by atoms with Crippen molar-refractivity contribution in [3.8, 4) is 0 Å². The van der Waals surface area contributed by atoms with Crippen LogP contribution in [0.25, 0.3) is 0 Å². The van der Waals surface area contributed by atoms with Crippen LogP contribution in [0.5, 0.6) is 0 Å². The summed E-state index contributed by atoms with van der Waals surface area (Å²) in [6.45, 7) is 0. The Hall–Kier alpha value is -1.56. The lowest BCUT2D eigenvalue weighted by Gasteiger charge is -2.31. The molecule has 1 aromatic heterocycles. The molecule has 0 saturated carbocycles. The van der Waals surface area contributed by atoms with E-state index in [1.165, 1.54) is 12.3 Å². The molecule has 1 aliphatic heterocycles. The summed E-state index contributed by atoms with van der Waals surface area (Å²) in [6.07, 6.45) is 0.348. The lowest BCUT2D eigenvalue weighted by molar-refractivity contribution is -0.141. The van der Waals surface area contributed by atoms with Gasteiger partial charge in [0.15, 0.2) is 5.62 Å². The van der Waals surface area contributed by atoms with E-state index in [1.807, 2.05) is 11.9 Å². The predicted octanol–water partition coefficient (Wildman–Crippen LogP) is 3.77. The van der Waals surface area contributed by atoms with Crippen molar-refractivity contribution in [1.29, 1.82) is 0 Å². The molecule has 0 saturated heterocycles. The highest BCUT2D eigenvalue weighted by molar-refractivity contribution is 6.21. The van der Waals surface area contributed by atoms with Gasteiger partial charge in [-0.1, -0.05) is 17.7 Å². The average molecular weight is 316 g/mol. The van der Waals surface area contributed by atoms with Crippen LogP contribution in [0.2, 0.25) is 0 Å². The Kier molecular flexibility index (Phi) is 3.43. The van der Waals surface area contributed by atoms with Gasteiger partial charge in [-0.3, -0.25) is 9.98 Å². The third kappa shape index (κ3) is 2.52. The Balaban J connectivity index is 1.91. The van der Waals surface area contributed by atoms with E-state index in [1.54, 1.807) is 6.21 Å². The molecule has 0 aromatic carbocycles. The average Bonchev–Trinajstić information content (AvgIpc) is 2.87. The first kappa shape index (κ1) is 14.4. The van der Waals surface area contributed by atoms with E-state index in [-0.39, 0.29) is 5.92 Å². The topological polar surface area (TPSA) is 28.5 Å². The van der Waals surface area contributed by atoms with Gasteiger partial charge in [-0.05, 0) is 30.0 Å². The number of halogens is 4. The monoisotopic (exact) mass is 315 g/mol. The molecule has 0 spiro atoms. The van der Waals surface area contributed by atoms with E-state index >= 15 is 0 Å². The van der Waals surface area contributed by atoms with Gasteiger partial charge in [0.25, 0.3) is 0 Å². The van der Waals surface area contributed by atoms with Crippen molar-refractivity contribution in [1.82, 2.24) is 9.88 Å². The Morgan fingerprint density at radius 1 is 1.33 bits per heavy atom. The Morgan fingerprint density at radius 2 is 2.10 bits per heavy atom. The summed E-state index contributed by atoms with van der Waals surface area (Å²) in [4.78, 5) is 9.58. The number of alkyl halides is 4. The Bertz CT molecular complexity index is 607. The van der Waals surface area contributed by atoms with E-state index in [2.05, 4.69) is 9.98 Å². The number of pyridine rings is 1. The van der Waals surface area contributed by atoms with Crippen molar-refractivity contribution in [2.24, 2.45) is 4.99 Å². The quantitative estimate of drug-likeness (QED) is 0.583. The van der Waals surface area contributed by atoms with Gasteiger partial charge in [-0.25, -0.2) is 0 Å². The molecule has 2 heterocycles. The second kappa shape index (κ2) is 5.02. The van der Waals surface area contributed by atoms with E-state index in [4.69, 9.17) is 11.6 Å². The molecule has 7 heteroatoms. The van der Waals surface area contributed by atoms with Gasteiger partial charge in [0.2, 0.25) is 0 Å².